The molecule has 0 radical (unpaired) electrons. The SMILES string of the molecule is C[C@@H]1CCCN(C(=O)CSc2ncnc3c(-c4ccc([N+](=O)[O-])cc4)nsc23)C1. The molecule has 0 aliphatic carbocycles. The van der Waals surface area contributed by atoms with Crippen LogP contribution in [0.1, 0.15) is 19.8 Å². The molecule has 8 nitrogen and oxygen atoms in total. The maximum absolute atomic E-state index is 12.6. The highest BCUT2D eigenvalue weighted by Crippen LogP contribution is 2.35. The average Bonchev–Trinajstić information content (AvgIpc) is 3.17. The normalized spacial score (nSPS) is 16.9. The van der Waals surface area contributed by atoms with Crippen molar-refractivity contribution in [2.75, 3.05) is 18.8 Å². The molecule has 10 heteroatoms. The summed E-state index contributed by atoms with van der Waals surface area (Å²) >= 11 is 2.69. The predicted octanol–water partition coefficient (Wildman–Crippen LogP) is 4.01. The summed E-state index contributed by atoms with van der Waals surface area (Å²) in [6, 6.07) is 6.25. The summed E-state index contributed by atoms with van der Waals surface area (Å²) in [7, 11) is 0. The summed E-state index contributed by atoms with van der Waals surface area (Å²) in [5.41, 5.74) is 2.15. The number of benzene rings is 1. The number of thioether (sulfide) groups is 1. The maximum atomic E-state index is 12.6. The molecule has 1 aliphatic heterocycles. The van der Waals surface area contributed by atoms with Gasteiger partial charge in [0, 0.05) is 30.8 Å². The van der Waals surface area contributed by atoms with Crippen LogP contribution >= 0.6 is 23.3 Å². The molecule has 29 heavy (non-hydrogen) atoms. The number of likely N-dealkylation sites (tertiary alicyclic amines) is 1. The van der Waals surface area contributed by atoms with E-state index in [2.05, 4.69) is 21.3 Å². The van der Waals surface area contributed by atoms with Gasteiger partial charge in [0.15, 0.2) is 0 Å². The number of nitro benzene ring substituents is 1. The van der Waals surface area contributed by atoms with Crippen LogP contribution in [-0.2, 0) is 4.79 Å². The lowest BCUT2D eigenvalue weighted by molar-refractivity contribution is -0.384. The number of amides is 1. The molecule has 0 spiro atoms. The minimum Gasteiger partial charge on any atom is -0.342 e. The van der Waals surface area contributed by atoms with Crippen LogP contribution in [0.4, 0.5) is 5.69 Å². The molecule has 0 N–H and O–H groups in total. The fraction of sp³-hybridized carbons (Fsp3) is 0.368. The number of piperidine rings is 1. The largest absolute Gasteiger partial charge is 0.342 e. The van der Waals surface area contributed by atoms with Crippen LogP contribution < -0.4 is 0 Å². The molecule has 3 heterocycles. The first-order valence-electron chi connectivity index (χ1n) is 9.28. The highest BCUT2D eigenvalue weighted by molar-refractivity contribution is 8.00. The van der Waals surface area contributed by atoms with Gasteiger partial charge in [-0.25, -0.2) is 9.97 Å². The Morgan fingerprint density at radius 1 is 1.34 bits per heavy atom. The second kappa shape index (κ2) is 8.42. The van der Waals surface area contributed by atoms with Crippen molar-refractivity contribution in [3.05, 3.63) is 40.7 Å². The van der Waals surface area contributed by atoms with E-state index >= 15 is 0 Å². The van der Waals surface area contributed by atoms with E-state index in [0.717, 1.165) is 34.8 Å². The fourth-order valence-corrected chi connectivity index (χ4v) is 5.24. The Morgan fingerprint density at radius 3 is 2.86 bits per heavy atom. The van der Waals surface area contributed by atoms with E-state index in [1.54, 1.807) is 12.1 Å². The first-order valence-corrected chi connectivity index (χ1v) is 11.0. The zero-order valence-corrected chi connectivity index (χ0v) is 17.4. The lowest BCUT2D eigenvalue weighted by atomic mass is 10.0. The van der Waals surface area contributed by atoms with Crippen LogP contribution in [0.2, 0.25) is 0 Å². The van der Waals surface area contributed by atoms with Crippen molar-refractivity contribution in [2.45, 2.75) is 24.8 Å². The number of nitro groups is 1. The van der Waals surface area contributed by atoms with E-state index in [1.807, 2.05) is 4.90 Å². The molecule has 1 amide bonds. The van der Waals surface area contributed by atoms with E-state index in [4.69, 9.17) is 0 Å². The lowest BCUT2D eigenvalue weighted by Gasteiger charge is -2.30. The number of carbonyl (C=O) groups excluding carboxylic acids is 1. The van der Waals surface area contributed by atoms with Crippen molar-refractivity contribution in [2.24, 2.45) is 5.92 Å². The van der Waals surface area contributed by atoms with E-state index in [1.165, 1.54) is 48.2 Å². The second-order valence-electron chi connectivity index (χ2n) is 7.07. The summed E-state index contributed by atoms with van der Waals surface area (Å²) in [4.78, 5) is 33.6. The number of fused-ring (bicyclic) bond motifs is 1. The van der Waals surface area contributed by atoms with Gasteiger partial charge in [-0.1, -0.05) is 18.7 Å². The van der Waals surface area contributed by atoms with E-state index in [-0.39, 0.29) is 11.6 Å². The molecule has 3 aromatic rings. The standard InChI is InChI=1S/C19H19N5O3S2/c1-12-3-2-8-23(9-12)15(25)10-28-19-18-17(20-11-21-19)16(22-29-18)13-4-6-14(7-5-13)24(26)27/h4-7,11-12H,2-3,8-10H2,1H3/t12-/m1/s1. The minimum atomic E-state index is -0.431. The van der Waals surface area contributed by atoms with Gasteiger partial charge in [0.25, 0.3) is 5.69 Å². The Kier molecular flexibility index (Phi) is 5.72. The number of hydrogen-bond donors (Lipinski definition) is 0. The van der Waals surface area contributed by atoms with Crippen molar-refractivity contribution in [3.8, 4) is 11.3 Å². The topological polar surface area (TPSA) is 102 Å². The highest BCUT2D eigenvalue weighted by Gasteiger charge is 2.22. The Hall–Kier alpha value is -2.59. The number of hydrogen-bond acceptors (Lipinski definition) is 8. The van der Waals surface area contributed by atoms with E-state index in [9.17, 15) is 14.9 Å². The van der Waals surface area contributed by atoms with Crippen LogP contribution in [0.15, 0.2) is 35.6 Å². The molecule has 1 aliphatic rings. The van der Waals surface area contributed by atoms with E-state index in [0.29, 0.717) is 22.9 Å². The van der Waals surface area contributed by atoms with Crippen molar-refractivity contribution >= 4 is 45.1 Å². The summed E-state index contributed by atoms with van der Waals surface area (Å²) in [6.45, 7) is 3.83. The Balaban J connectivity index is 1.53. The molecule has 0 unspecified atom stereocenters. The molecular weight excluding hydrogens is 410 g/mol. The lowest BCUT2D eigenvalue weighted by Crippen LogP contribution is -2.40. The van der Waals surface area contributed by atoms with Crippen molar-refractivity contribution < 1.29 is 9.72 Å². The second-order valence-corrected chi connectivity index (χ2v) is 8.80. The number of non-ortho nitro benzene ring substituents is 1. The summed E-state index contributed by atoms with van der Waals surface area (Å²) in [6.07, 6.45) is 3.71. The van der Waals surface area contributed by atoms with Crippen molar-refractivity contribution in [1.82, 2.24) is 19.2 Å². The molecule has 4 rings (SSSR count). The van der Waals surface area contributed by atoms with Crippen LogP contribution in [0.3, 0.4) is 0 Å². The Labute approximate surface area is 175 Å². The van der Waals surface area contributed by atoms with Gasteiger partial charge in [-0.3, -0.25) is 14.9 Å². The van der Waals surface area contributed by atoms with E-state index < -0.39 is 4.92 Å². The maximum Gasteiger partial charge on any atom is 0.269 e. The number of aromatic nitrogens is 3. The quantitative estimate of drug-likeness (QED) is 0.261. The van der Waals surface area contributed by atoms with Gasteiger partial charge in [-0.15, -0.1) is 0 Å². The van der Waals surface area contributed by atoms with Crippen LogP contribution in [0.5, 0.6) is 0 Å². The zero-order chi connectivity index (χ0) is 20.4. The van der Waals surface area contributed by atoms with Gasteiger partial charge in [0.05, 0.1) is 10.7 Å². The molecule has 0 saturated carbocycles. The third kappa shape index (κ3) is 4.23. The first-order chi connectivity index (χ1) is 14.0. The van der Waals surface area contributed by atoms with Crippen LogP contribution in [0, 0.1) is 16.0 Å². The molecule has 0 bridgehead atoms. The number of nitrogens with zero attached hydrogens (tertiary/aromatic N) is 5. The van der Waals surface area contributed by atoms with Gasteiger partial charge in [-0.05, 0) is 42.4 Å². The van der Waals surface area contributed by atoms with Gasteiger partial charge >= 0.3 is 0 Å². The first kappa shape index (κ1) is 19.7. The van der Waals surface area contributed by atoms with Gasteiger partial charge in [0.1, 0.15) is 27.3 Å². The predicted molar refractivity (Wildman–Crippen MR) is 113 cm³/mol. The van der Waals surface area contributed by atoms with Crippen molar-refractivity contribution in [1.29, 1.82) is 0 Å². The van der Waals surface area contributed by atoms with Crippen LogP contribution in [0.25, 0.3) is 21.5 Å². The smallest absolute Gasteiger partial charge is 0.269 e. The molecule has 1 aromatic carbocycles. The zero-order valence-electron chi connectivity index (χ0n) is 15.8. The van der Waals surface area contributed by atoms with Crippen molar-refractivity contribution in [3.63, 3.8) is 0 Å². The molecule has 1 saturated heterocycles. The highest BCUT2D eigenvalue weighted by atomic mass is 32.2. The molecule has 2 aromatic heterocycles. The van der Waals surface area contributed by atoms with Gasteiger partial charge < -0.3 is 4.90 Å². The molecule has 150 valence electrons. The third-order valence-corrected chi connectivity index (χ3v) is 6.86. The fourth-order valence-electron chi connectivity index (χ4n) is 3.41. The number of carbonyl (C=O) groups is 1. The summed E-state index contributed by atoms with van der Waals surface area (Å²) < 4.78 is 5.31. The Morgan fingerprint density at radius 2 is 2.14 bits per heavy atom. The molecule has 1 fully saturated rings. The van der Waals surface area contributed by atoms with Gasteiger partial charge in [0.2, 0.25) is 5.91 Å². The number of rotatable bonds is 5. The third-order valence-electron chi connectivity index (χ3n) is 4.92. The summed E-state index contributed by atoms with van der Waals surface area (Å²) in [5.74, 6) is 1.02. The molecule has 1 atom stereocenters. The average molecular weight is 430 g/mol. The van der Waals surface area contributed by atoms with Gasteiger partial charge in [-0.2, -0.15) is 4.37 Å². The molecular formula is C19H19N5O3S2. The minimum absolute atomic E-state index is 0.0321. The van der Waals surface area contributed by atoms with Crippen LogP contribution in [-0.4, -0.2) is 48.9 Å². The Bertz CT molecular complexity index is 1050. The monoisotopic (exact) mass is 429 g/mol. The summed E-state index contributed by atoms with van der Waals surface area (Å²) in [5, 5.41) is 11.6.